The highest BCUT2D eigenvalue weighted by Crippen LogP contribution is 2.31. The summed E-state index contributed by atoms with van der Waals surface area (Å²) in [6.45, 7) is 0. The van der Waals surface area contributed by atoms with E-state index < -0.39 is 16.7 Å². The summed E-state index contributed by atoms with van der Waals surface area (Å²) in [7, 11) is 0. The normalized spacial score (nSPS) is 15.7. The van der Waals surface area contributed by atoms with Crippen LogP contribution in [0.4, 0.5) is 5.69 Å². The number of hydrazine groups is 1. The maximum absolute atomic E-state index is 12.4. The van der Waals surface area contributed by atoms with Gasteiger partial charge in [0, 0.05) is 29.6 Å². The number of non-ortho nitro benzene ring substituents is 1. The van der Waals surface area contributed by atoms with E-state index in [9.17, 15) is 19.7 Å². The lowest BCUT2D eigenvalue weighted by atomic mass is 10.2. The van der Waals surface area contributed by atoms with E-state index in [4.69, 9.17) is 12.2 Å². The van der Waals surface area contributed by atoms with Crippen LogP contribution in [0.1, 0.15) is 16.1 Å². The molecule has 0 aliphatic carbocycles. The van der Waals surface area contributed by atoms with Crippen LogP contribution < -0.4 is 5.43 Å². The number of amides is 2. The third-order valence-electron chi connectivity index (χ3n) is 3.23. The summed E-state index contributed by atoms with van der Waals surface area (Å²) < 4.78 is 0.168. The Hall–Kier alpha value is -2.98. The lowest BCUT2D eigenvalue weighted by Crippen LogP contribution is -2.44. The quantitative estimate of drug-likeness (QED) is 0.368. The molecule has 0 unspecified atom stereocenters. The first kappa shape index (κ1) is 16.9. The number of carbonyl (C=O) groups is 2. The zero-order valence-electron chi connectivity index (χ0n) is 12.5. The molecule has 0 spiro atoms. The van der Waals surface area contributed by atoms with Gasteiger partial charge in [0.25, 0.3) is 17.5 Å². The Morgan fingerprint density at radius 3 is 2.84 bits per heavy atom. The van der Waals surface area contributed by atoms with Crippen LogP contribution in [-0.2, 0) is 4.79 Å². The molecule has 10 heteroatoms. The molecule has 2 amide bonds. The number of thioether (sulfide) groups is 1. The predicted molar refractivity (Wildman–Crippen MR) is 96.4 cm³/mol. The maximum atomic E-state index is 12.4. The largest absolute Gasteiger partial charge is 0.362 e. The number of aromatic nitrogens is 1. The summed E-state index contributed by atoms with van der Waals surface area (Å²) in [6.07, 6.45) is 3.34. The van der Waals surface area contributed by atoms with Crippen molar-refractivity contribution >= 4 is 51.9 Å². The van der Waals surface area contributed by atoms with Gasteiger partial charge in [0.2, 0.25) is 0 Å². The summed E-state index contributed by atoms with van der Waals surface area (Å²) in [5.74, 6) is -1.13. The first-order valence-corrected chi connectivity index (χ1v) is 8.15. The SMILES string of the molecule is O=C(NN1C(=O)/C(=C/c2ccc[nH]2)SC1=S)c1cccc([N+](=O)[O-])c1. The molecule has 1 aromatic carbocycles. The van der Waals surface area contributed by atoms with Crippen molar-refractivity contribution in [3.8, 4) is 0 Å². The van der Waals surface area contributed by atoms with Gasteiger partial charge in [-0.05, 0) is 36.5 Å². The van der Waals surface area contributed by atoms with Crippen molar-refractivity contribution in [3.63, 3.8) is 0 Å². The highest BCUT2D eigenvalue weighted by molar-refractivity contribution is 8.26. The summed E-state index contributed by atoms with van der Waals surface area (Å²) in [5.41, 5.74) is 2.94. The number of hydrogen-bond acceptors (Lipinski definition) is 6. The van der Waals surface area contributed by atoms with Gasteiger partial charge in [-0.3, -0.25) is 25.1 Å². The average molecular weight is 374 g/mol. The predicted octanol–water partition coefficient (Wildman–Crippen LogP) is 2.47. The Bertz CT molecular complexity index is 908. The molecule has 25 heavy (non-hydrogen) atoms. The molecule has 2 aromatic rings. The van der Waals surface area contributed by atoms with Crippen molar-refractivity contribution in [1.82, 2.24) is 15.4 Å². The molecule has 3 rings (SSSR count). The smallest absolute Gasteiger partial charge is 0.285 e. The van der Waals surface area contributed by atoms with Gasteiger partial charge in [0.05, 0.1) is 9.83 Å². The molecule has 0 bridgehead atoms. The van der Waals surface area contributed by atoms with Crippen molar-refractivity contribution in [2.75, 3.05) is 0 Å². The molecular weight excluding hydrogens is 364 g/mol. The number of rotatable bonds is 4. The Balaban J connectivity index is 1.77. The molecule has 1 aliphatic rings. The molecule has 1 aliphatic heterocycles. The van der Waals surface area contributed by atoms with E-state index in [1.54, 1.807) is 24.4 Å². The molecule has 0 saturated carbocycles. The molecule has 1 fully saturated rings. The number of hydrogen-bond donors (Lipinski definition) is 2. The Morgan fingerprint density at radius 2 is 2.16 bits per heavy atom. The number of benzene rings is 1. The van der Waals surface area contributed by atoms with Gasteiger partial charge in [0.1, 0.15) is 0 Å². The molecule has 0 atom stereocenters. The Labute approximate surface area is 151 Å². The molecule has 0 radical (unpaired) electrons. The van der Waals surface area contributed by atoms with Gasteiger partial charge in [-0.15, -0.1) is 0 Å². The maximum Gasteiger partial charge on any atom is 0.285 e. The number of H-pyrrole nitrogens is 1. The lowest BCUT2D eigenvalue weighted by molar-refractivity contribution is -0.384. The third-order valence-corrected chi connectivity index (χ3v) is 4.54. The second-order valence-electron chi connectivity index (χ2n) is 4.89. The molecule has 1 saturated heterocycles. The molecular formula is C15H10N4O4S2. The fraction of sp³-hybridized carbons (Fsp3) is 0. The summed E-state index contributed by atoms with van der Waals surface area (Å²) in [4.78, 5) is 38.2. The number of nitrogens with one attached hydrogen (secondary N) is 2. The van der Waals surface area contributed by atoms with Crippen LogP contribution >= 0.6 is 24.0 Å². The minimum absolute atomic E-state index is 0.0524. The fourth-order valence-corrected chi connectivity index (χ4v) is 3.24. The van der Waals surface area contributed by atoms with Crippen LogP contribution in [0.5, 0.6) is 0 Å². The van der Waals surface area contributed by atoms with Crippen molar-refractivity contribution in [1.29, 1.82) is 0 Å². The lowest BCUT2D eigenvalue weighted by Gasteiger charge is -2.15. The van der Waals surface area contributed by atoms with Crippen LogP contribution in [0.25, 0.3) is 6.08 Å². The van der Waals surface area contributed by atoms with E-state index in [2.05, 4.69) is 10.4 Å². The van der Waals surface area contributed by atoms with E-state index in [-0.39, 0.29) is 15.6 Å². The van der Waals surface area contributed by atoms with E-state index in [0.717, 1.165) is 28.5 Å². The van der Waals surface area contributed by atoms with Gasteiger partial charge in [-0.2, -0.15) is 5.01 Å². The van der Waals surface area contributed by atoms with Crippen LogP contribution in [0.2, 0.25) is 0 Å². The zero-order valence-corrected chi connectivity index (χ0v) is 14.1. The monoisotopic (exact) mass is 374 g/mol. The molecule has 1 aromatic heterocycles. The van der Waals surface area contributed by atoms with Gasteiger partial charge >= 0.3 is 0 Å². The summed E-state index contributed by atoms with van der Waals surface area (Å²) in [5, 5.41) is 11.7. The number of nitrogens with zero attached hydrogens (tertiary/aromatic N) is 2. The van der Waals surface area contributed by atoms with Crippen molar-refractivity contribution in [2.24, 2.45) is 0 Å². The first-order valence-electron chi connectivity index (χ1n) is 6.92. The molecule has 2 heterocycles. The van der Waals surface area contributed by atoms with E-state index in [1.807, 2.05) is 0 Å². The standard InChI is InChI=1S/C15H10N4O4S2/c20-13(9-3-1-5-11(7-9)19(22)23)17-18-14(21)12(25-15(18)24)8-10-4-2-6-16-10/h1-8,16H,(H,17,20)/b12-8-. The topological polar surface area (TPSA) is 108 Å². The number of thiocarbonyl (C=S) groups is 1. The van der Waals surface area contributed by atoms with Gasteiger partial charge in [-0.1, -0.05) is 17.8 Å². The van der Waals surface area contributed by atoms with Crippen LogP contribution in [0.15, 0.2) is 47.5 Å². The minimum Gasteiger partial charge on any atom is -0.362 e. The number of nitro groups is 1. The zero-order chi connectivity index (χ0) is 18.0. The highest BCUT2D eigenvalue weighted by Gasteiger charge is 2.34. The highest BCUT2D eigenvalue weighted by atomic mass is 32.2. The number of carbonyl (C=O) groups excluding carboxylic acids is 2. The number of nitro benzene ring substituents is 1. The van der Waals surface area contributed by atoms with E-state index in [1.165, 1.54) is 18.2 Å². The average Bonchev–Trinajstić information content (AvgIpc) is 3.19. The Kier molecular flexibility index (Phi) is 4.63. The van der Waals surface area contributed by atoms with Gasteiger partial charge in [0.15, 0.2) is 4.32 Å². The van der Waals surface area contributed by atoms with Crippen molar-refractivity contribution in [3.05, 3.63) is 68.9 Å². The Morgan fingerprint density at radius 1 is 1.36 bits per heavy atom. The summed E-state index contributed by atoms with van der Waals surface area (Å²) in [6, 6.07) is 8.78. The van der Waals surface area contributed by atoms with Crippen LogP contribution in [0.3, 0.4) is 0 Å². The first-order chi connectivity index (χ1) is 12.0. The molecule has 2 N–H and O–H groups in total. The summed E-state index contributed by atoms with van der Waals surface area (Å²) >= 11 is 6.17. The fourth-order valence-electron chi connectivity index (χ4n) is 2.07. The van der Waals surface area contributed by atoms with Crippen molar-refractivity contribution < 1.29 is 14.5 Å². The molecule has 8 nitrogen and oxygen atoms in total. The van der Waals surface area contributed by atoms with Crippen molar-refractivity contribution in [2.45, 2.75) is 0 Å². The van der Waals surface area contributed by atoms with Gasteiger partial charge in [-0.25, -0.2) is 0 Å². The second kappa shape index (κ2) is 6.87. The van der Waals surface area contributed by atoms with Crippen LogP contribution in [0, 0.1) is 10.1 Å². The third kappa shape index (κ3) is 3.59. The van der Waals surface area contributed by atoms with E-state index in [0.29, 0.717) is 4.91 Å². The minimum atomic E-state index is -0.666. The van der Waals surface area contributed by atoms with Gasteiger partial charge < -0.3 is 4.98 Å². The van der Waals surface area contributed by atoms with E-state index >= 15 is 0 Å². The van der Waals surface area contributed by atoms with Crippen LogP contribution in [-0.4, -0.2) is 31.1 Å². The number of aromatic amines is 1. The second-order valence-corrected chi connectivity index (χ2v) is 6.57. The molecule has 126 valence electrons.